The Morgan fingerprint density at radius 1 is 1.47 bits per heavy atom. The number of nitrogens with zero attached hydrogens (tertiary/aromatic N) is 2. The van der Waals surface area contributed by atoms with Gasteiger partial charge in [0.05, 0.1) is 6.20 Å². The molecule has 0 atom stereocenters. The van der Waals surface area contributed by atoms with Gasteiger partial charge in [0.25, 0.3) is 0 Å². The van der Waals surface area contributed by atoms with Crippen molar-refractivity contribution in [3.63, 3.8) is 0 Å². The maximum atomic E-state index is 11.8. The number of hydrogen-bond acceptors (Lipinski definition) is 2. The highest BCUT2D eigenvalue weighted by Crippen LogP contribution is 2.13. The molecule has 2 heterocycles. The summed E-state index contributed by atoms with van der Waals surface area (Å²) in [5.74, 6) is 0.700. The number of carbonyl (C=O) groups excluding carboxylic acids is 1. The van der Waals surface area contributed by atoms with Crippen LogP contribution >= 0.6 is 0 Å². The Labute approximate surface area is 88.8 Å². The number of likely N-dealkylation sites (tertiary alicyclic amines) is 1. The lowest BCUT2D eigenvalue weighted by atomic mass is 10.1. The minimum atomic E-state index is -0.0259. The van der Waals surface area contributed by atoms with E-state index in [1.54, 1.807) is 6.20 Å². The molecule has 2 amide bonds. The number of hydrogen-bond donors (Lipinski definition) is 2. The van der Waals surface area contributed by atoms with Crippen molar-refractivity contribution in [1.29, 1.82) is 0 Å². The van der Waals surface area contributed by atoms with Crippen molar-refractivity contribution in [2.45, 2.75) is 26.2 Å². The molecule has 0 radical (unpaired) electrons. The van der Waals surface area contributed by atoms with Crippen molar-refractivity contribution in [3.05, 3.63) is 11.8 Å². The molecular formula is C10H16N4O. The molecule has 82 valence electrons. The van der Waals surface area contributed by atoms with Gasteiger partial charge in [0.1, 0.15) is 5.82 Å². The van der Waals surface area contributed by atoms with Crippen molar-refractivity contribution in [2.24, 2.45) is 0 Å². The largest absolute Gasteiger partial charge is 0.325 e. The predicted molar refractivity (Wildman–Crippen MR) is 57.8 cm³/mol. The summed E-state index contributed by atoms with van der Waals surface area (Å²) >= 11 is 0. The van der Waals surface area contributed by atoms with Gasteiger partial charge in [0.2, 0.25) is 0 Å². The van der Waals surface area contributed by atoms with E-state index in [9.17, 15) is 4.79 Å². The lowest BCUT2D eigenvalue weighted by Crippen LogP contribution is -2.38. The van der Waals surface area contributed by atoms with Crippen molar-refractivity contribution < 1.29 is 4.79 Å². The molecule has 0 unspecified atom stereocenters. The van der Waals surface area contributed by atoms with Crippen LogP contribution in [0.2, 0.25) is 0 Å². The fraction of sp³-hybridized carbons (Fsp3) is 0.600. The fourth-order valence-corrected chi connectivity index (χ4v) is 1.76. The number of anilines is 1. The third kappa shape index (κ3) is 2.29. The van der Waals surface area contributed by atoms with Gasteiger partial charge in [0.15, 0.2) is 0 Å². The lowest BCUT2D eigenvalue weighted by molar-refractivity contribution is 0.200. The van der Waals surface area contributed by atoms with E-state index in [-0.39, 0.29) is 6.03 Å². The summed E-state index contributed by atoms with van der Waals surface area (Å²) in [6.45, 7) is 3.63. The Morgan fingerprint density at radius 2 is 2.20 bits per heavy atom. The normalized spacial score (nSPS) is 16.5. The highest BCUT2D eigenvalue weighted by atomic mass is 16.2. The van der Waals surface area contributed by atoms with Gasteiger partial charge >= 0.3 is 6.03 Å². The molecule has 0 aliphatic carbocycles. The Bertz CT molecular complexity index is 341. The van der Waals surface area contributed by atoms with Crippen molar-refractivity contribution in [2.75, 3.05) is 18.4 Å². The Hall–Kier alpha value is -1.52. The summed E-state index contributed by atoms with van der Waals surface area (Å²) in [5, 5.41) is 9.46. The number of piperidine rings is 1. The van der Waals surface area contributed by atoms with Gasteiger partial charge < -0.3 is 4.90 Å². The number of H-pyrrole nitrogens is 1. The number of aromatic nitrogens is 2. The van der Waals surface area contributed by atoms with Gasteiger partial charge in [-0.25, -0.2) is 4.79 Å². The van der Waals surface area contributed by atoms with Crippen LogP contribution in [-0.4, -0.2) is 34.2 Å². The first-order valence-corrected chi connectivity index (χ1v) is 5.33. The molecule has 5 nitrogen and oxygen atoms in total. The lowest BCUT2D eigenvalue weighted by Gasteiger charge is -2.26. The molecule has 2 N–H and O–H groups in total. The molecule has 0 bridgehead atoms. The van der Waals surface area contributed by atoms with E-state index in [2.05, 4.69) is 15.5 Å². The number of urea groups is 1. The summed E-state index contributed by atoms with van der Waals surface area (Å²) in [4.78, 5) is 13.6. The van der Waals surface area contributed by atoms with Gasteiger partial charge in [-0.1, -0.05) is 0 Å². The van der Waals surface area contributed by atoms with Crippen molar-refractivity contribution in [3.8, 4) is 0 Å². The molecule has 1 aliphatic rings. The van der Waals surface area contributed by atoms with E-state index in [1.165, 1.54) is 6.42 Å². The highest BCUT2D eigenvalue weighted by molar-refractivity contribution is 5.88. The van der Waals surface area contributed by atoms with Gasteiger partial charge in [-0.3, -0.25) is 10.4 Å². The molecule has 5 heteroatoms. The predicted octanol–water partition coefficient (Wildman–Crippen LogP) is 1.74. The second-order valence-electron chi connectivity index (χ2n) is 3.91. The van der Waals surface area contributed by atoms with Crippen LogP contribution < -0.4 is 5.32 Å². The maximum absolute atomic E-state index is 11.8. The molecule has 0 saturated carbocycles. The number of amides is 2. The van der Waals surface area contributed by atoms with Crippen LogP contribution in [0.1, 0.15) is 24.8 Å². The second-order valence-corrected chi connectivity index (χ2v) is 3.91. The zero-order valence-electron chi connectivity index (χ0n) is 8.92. The molecular weight excluding hydrogens is 192 g/mol. The molecule has 2 rings (SSSR count). The van der Waals surface area contributed by atoms with E-state index in [1.807, 2.05) is 11.8 Å². The van der Waals surface area contributed by atoms with Crippen molar-refractivity contribution in [1.82, 2.24) is 15.1 Å². The van der Waals surface area contributed by atoms with Crippen LogP contribution in [-0.2, 0) is 0 Å². The first-order valence-electron chi connectivity index (χ1n) is 5.33. The summed E-state index contributed by atoms with van der Waals surface area (Å²) in [7, 11) is 0. The third-order valence-electron chi connectivity index (χ3n) is 2.70. The second kappa shape index (κ2) is 4.33. The first kappa shape index (κ1) is 10.0. The average molecular weight is 208 g/mol. The summed E-state index contributed by atoms with van der Waals surface area (Å²) < 4.78 is 0. The summed E-state index contributed by atoms with van der Waals surface area (Å²) in [5.41, 5.74) is 0.959. The minimum absolute atomic E-state index is 0.0259. The Kier molecular flexibility index (Phi) is 2.89. The van der Waals surface area contributed by atoms with Gasteiger partial charge in [-0.2, -0.15) is 5.10 Å². The van der Waals surface area contributed by atoms with Gasteiger partial charge in [0, 0.05) is 18.7 Å². The summed E-state index contributed by atoms with van der Waals surface area (Å²) in [6.07, 6.45) is 5.14. The Balaban J connectivity index is 1.94. The molecule has 1 fully saturated rings. The first-order chi connectivity index (χ1) is 7.27. The smallest absolute Gasteiger partial charge is 0.323 e. The third-order valence-corrected chi connectivity index (χ3v) is 2.70. The van der Waals surface area contributed by atoms with Crippen LogP contribution in [0.5, 0.6) is 0 Å². The van der Waals surface area contributed by atoms with Crippen LogP contribution in [0.15, 0.2) is 6.20 Å². The molecule has 1 saturated heterocycles. The number of aryl methyl sites for hydroxylation is 1. The van der Waals surface area contributed by atoms with E-state index >= 15 is 0 Å². The molecule has 1 aromatic rings. The van der Waals surface area contributed by atoms with Gasteiger partial charge in [-0.15, -0.1) is 0 Å². The fourth-order valence-electron chi connectivity index (χ4n) is 1.76. The number of aromatic amines is 1. The average Bonchev–Trinajstić information content (AvgIpc) is 2.66. The van der Waals surface area contributed by atoms with E-state index < -0.39 is 0 Å². The van der Waals surface area contributed by atoms with Gasteiger partial charge in [-0.05, 0) is 26.2 Å². The molecule has 15 heavy (non-hydrogen) atoms. The molecule has 1 aliphatic heterocycles. The summed E-state index contributed by atoms with van der Waals surface area (Å²) in [6, 6.07) is -0.0259. The van der Waals surface area contributed by atoms with E-state index in [0.29, 0.717) is 5.82 Å². The van der Waals surface area contributed by atoms with E-state index in [0.717, 1.165) is 31.5 Å². The van der Waals surface area contributed by atoms with Crippen LogP contribution in [0.3, 0.4) is 0 Å². The van der Waals surface area contributed by atoms with E-state index in [4.69, 9.17) is 0 Å². The SMILES string of the molecule is Cc1cn[nH]c1NC(=O)N1CCCCC1. The number of nitrogens with one attached hydrogen (secondary N) is 2. The molecule has 1 aromatic heterocycles. The molecule has 0 spiro atoms. The maximum Gasteiger partial charge on any atom is 0.323 e. The Morgan fingerprint density at radius 3 is 2.80 bits per heavy atom. The minimum Gasteiger partial charge on any atom is -0.325 e. The zero-order chi connectivity index (χ0) is 10.7. The van der Waals surface area contributed by atoms with Crippen LogP contribution in [0.25, 0.3) is 0 Å². The monoisotopic (exact) mass is 208 g/mol. The highest BCUT2D eigenvalue weighted by Gasteiger charge is 2.17. The number of carbonyl (C=O) groups is 1. The van der Waals surface area contributed by atoms with Crippen LogP contribution in [0, 0.1) is 6.92 Å². The number of rotatable bonds is 1. The quantitative estimate of drug-likeness (QED) is 0.738. The van der Waals surface area contributed by atoms with Crippen LogP contribution in [0.4, 0.5) is 10.6 Å². The topological polar surface area (TPSA) is 61.0 Å². The zero-order valence-corrected chi connectivity index (χ0v) is 8.92. The molecule has 0 aromatic carbocycles. The standard InChI is InChI=1S/C10H16N4O/c1-8-7-11-13-9(8)12-10(15)14-5-3-2-4-6-14/h7H,2-6H2,1H3,(H2,11,12,13,15). The van der Waals surface area contributed by atoms with Crippen molar-refractivity contribution >= 4 is 11.8 Å².